The van der Waals surface area contributed by atoms with Crippen molar-refractivity contribution in [1.29, 1.82) is 0 Å². The zero-order valence-electron chi connectivity index (χ0n) is 11.2. The van der Waals surface area contributed by atoms with Crippen LogP contribution in [0.2, 0.25) is 0 Å². The predicted molar refractivity (Wildman–Crippen MR) is 80.6 cm³/mol. The van der Waals surface area contributed by atoms with Crippen molar-refractivity contribution in [3.05, 3.63) is 69.7 Å². The third-order valence-electron chi connectivity index (χ3n) is 3.09. The first-order valence-electron chi connectivity index (χ1n) is 6.52. The molecular formula is C16H16BrF2N. The van der Waals surface area contributed by atoms with Crippen LogP contribution in [0.3, 0.4) is 0 Å². The zero-order valence-corrected chi connectivity index (χ0v) is 12.8. The lowest BCUT2D eigenvalue weighted by molar-refractivity contribution is 0.541. The maximum absolute atomic E-state index is 13.5. The second kappa shape index (κ2) is 6.95. The molecule has 0 aliphatic carbocycles. The second-order valence-corrected chi connectivity index (χ2v) is 5.56. The molecule has 0 saturated heterocycles. The van der Waals surface area contributed by atoms with Crippen molar-refractivity contribution in [2.45, 2.75) is 19.4 Å². The molecule has 0 fully saturated rings. The van der Waals surface area contributed by atoms with Crippen LogP contribution in [0.1, 0.15) is 24.1 Å². The van der Waals surface area contributed by atoms with Crippen molar-refractivity contribution in [1.82, 2.24) is 5.32 Å². The van der Waals surface area contributed by atoms with Crippen LogP contribution in [0.15, 0.2) is 46.9 Å². The average Bonchev–Trinajstić information content (AvgIpc) is 2.39. The minimum atomic E-state index is -0.267. The molecule has 0 aromatic heterocycles. The first kappa shape index (κ1) is 15.1. The van der Waals surface area contributed by atoms with Gasteiger partial charge in [-0.05, 0) is 54.4 Å². The van der Waals surface area contributed by atoms with Gasteiger partial charge in [0.15, 0.2) is 0 Å². The first-order valence-corrected chi connectivity index (χ1v) is 7.31. The Morgan fingerprint density at radius 3 is 2.35 bits per heavy atom. The molecule has 0 aliphatic heterocycles. The van der Waals surface area contributed by atoms with Crippen molar-refractivity contribution >= 4 is 15.9 Å². The van der Waals surface area contributed by atoms with Crippen LogP contribution in [0.25, 0.3) is 0 Å². The number of hydrogen-bond donors (Lipinski definition) is 1. The largest absolute Gasteiger partial charge is 0.310 e. The molecule has 2 aromatic rings. The Kier molecular flexibility index (Phi) is 5.26. The highest BCUT2D eigenvalue weighted by molar-refractivity contribution is 9.10. The first-order chi connectivity index (χ1) is 9.58. The molecular weight excluding hydrogens is 324 g/mol. The number of benzene rings is 2. The highest BCUT2D eigenvalue weighted by Gasteiger charge is 2.13. The van der Waals surface area contributed by atoms with E-state index in [1.54, 1.807) is 12.1 Å². The van der Waals surface area contributed by atoms with Crippen LogP contribution in [0.4, 0.5) is 8.78 Å². The zero-order chi connectivity index (χ0) is 14.5. The van der Waals surface area contributed by atoms with Gasteiger partial charge in [0.2, 0.25) is 0 Å². The highest BCUT2D eigenvalue weighted by Crippen LogP contribution is 2.23. The van der Waals surface area contributed by atoms with E-state index < -0.39 is 0 Å². The van der Waals surface area contributed by atoms with Gasteiger partial charge in [0.05, 0.1) is 0 Å². The smallest absolute Gasteiger partial charge is 0.124 e. The third kappa shape index (κ3) is 4.12. The van der Waals surface area contributed by atoms with Crippen molar-refractivity contribution in [2.75, 3.05) is 6.54 Å². The second-order valence-electron chi connectivity index (χ2n) is 4.64. The van der Waals surface area contributed by atoms with Crippen LogP contribution in [-0.4, -0.2) is 6.54 Å². The Balaban J connectivity index is 2.23. The van der Waals surface area contributed by atoms with E-state index in [0.717, 1.165) is 22.1 Å². The Morgan fingerprint density at radius 2 is 1.75 bits per heavy atom. The van der Waals surface area contributed by atoms with Gasteiger partial charge in [0.25, 0.3) is 0 Å². The summed E-state index contributed by atoms with van der Waals surface area (Å²) in [7, 11) is 0. The lowest BCUT2D eigenvalue weighted by Crippen LogP contribution is -2.23. The SMILES string of the molecule is CCNC(Cc1ccc(F)cc1)c1cc(F)cc(Br)c1. The Hall–Kier alpha value is -1.26. The minimum Gasteiger partial charge on any atom is -0.310 e. The van der Waals surface area contributed by atoms with E-state index in [1.807, 2.05) is 13.0 Å². The summed E-state index contributed by atoms with van der Waals surface area (Å²) in [6, 6.07) is 11.3. The van der Waals surface area contributed by atoms with E-state index in [9.17, 15) is 8.78 Å². The molecule has 0 aliphatic rings. The van der Waals surface area contributed by atoms with Crippen LogP contribution < -0.4 is 5.32 Å². The van der Waals surface area contributed by atoms with Crippen molar-refractivity contribution in [2.24, 2.45) is 0 Å². The molecule has 0 radical (unpaired) electrons. The van der Waals surface area contributed by atoms with Crippen molar-refractivity contribution < 1.29 is 8.78 Å². The number of hydrogen-bond acceptors (Lipinski definition) is 1. The van der Waals surface area contributed by atoms with E-state index >= 15 is 0 Å². The monoisotopic (exact) mass is 339 g/mol. The molecule has 2 rings (SSSR count). The Bertz CT molecular complexity index is 549. The molecule has 1 atom stereocenters. The maximum Gasteiger partial charge on any atom is 0.124 e. The van der Waals surface area contributed by atoms with Gasteiger partial charge in [-0.25, -0.2) is 8.78 Å². The summed E-state index contributed by atoms with van der Waals surface area (Å²) in [6.07, 6.45) is 0.685. The summed E-state index contributed by atoms with van der Waals surface area (Å²) in [5.74, 6) is -0.515. The van der Waals surface area contributed by atoms with Gasteiger partial charge in [-0.2, -0.15) is 0 Å². The van der Waals surface area contributed by atoms with Crippen molar-refractivity contribution in [3.8, 4) is 0 Å². The molecule has 0 amide bonds. The fourth-order valence-electron chi connectivity index (χ4n) is 2.19. The number of likely N-dealkylation sites (N-methyl/N-ethyl adjacent to an activating group) is 1. The summed E-state index contributed by atoms with van der Waals surface area (Å²) in [4.78, 5) is 0. The van der Waals surface area contributed by atoms with E-state index in [4.69, 9.17) is 0 Å². The number of halogens is 3. The summed E-state index contributed by atoms with van der Waals surface area (Å²) in [5.41, 5.74) is 1.89. The molecule has 0 spiro atoms. The standard InChI is InChI=1S/C16H16BrF2N/c1-2-20-16(7-11-3-5-14(18)6-4-11)12-8-13(17)10-15(19)9-12/h3-6,8-10,16,20H,2,7H2,1H3. The lowest BCUT2D eigenvalue weighted by Gasteiger charge is -2.19. The van der Waals surface area contributed by atoms with Crippen LogP contribution in [-0.2, 0) is 6.42 Å². The fourth-order valence-corrected chi connectivity index (χ4v) is 2.67. The van der Waals surface area contributed by atoms with Gasteiger partial charge >= 0.3 is 0 Å². The molecule has 2 aromatic carbocycles. The molecule has 4 heteroatoms. The molecule has 1 N–H and O–H groups in total. The molecule has 0 bridgehead atoms. The number of rotatable bonds is 5. The van der Waals surface area contributed by atoms with E-state index in [-0.39, 0.29) is 17.7 Å². The maximum atomic E-state index is 13.5. The topological polar surface area (TPSA) is 12.0 Å². The fraction of sp³-hybridized carbons (Fsp3) is 0.250. The number of nitrogens with one attached hydrogen (secondary N) is 1. The molecule has 20 heavy (non-hydrogen) atoms. The van der Waals surface area contributed by atoms with E-state index in [0.29, 0.717) is 6.42 Å². The Labute approximate surface area is 126 Å². The summed E-state index contributed by atoms with van der Waals surface area (Å²) >= 11 is 3.31. The average molecular weight is 340 g/mol. The molecule has 1 nitrogen and oxygen atoms in total. The summed E-state index contributed by atoms with van der Waals surface area (Å²) in [6.45, 7) is 2.78. The van der Waals surface area contributed by atoms with Gasteiger partial charge in [0.1, 0.15) is 11.6 Å². The minimum absolute atomic E-state index is 0.00235. The summed E-state index contributed by atoms with van der Waals surface area (Å²) < 4.78 is 27.2. The molecule has 0 saturated carbocycles. The van der Waals surface area contributed by atoms with Gasteiger partial charge < -0.3 is 5.32 Å². The summed E-state index contributed by atoms with van der Waals surface area (Å²) in [5, 5.41) is 3.34. The highest BCUT2D eigenvalue weighted by atomic mass is 79.9. The normalized spacial score (nSPS) is 12.4. The predicted octanol–water partition coefficient (Wildman–Crippen LogP) is 4.62. The van der Waals surface area contributed by atoms with E-state index in [1.165, 1.54) is 24.3 Å². The van der Waals surface area contributed by atoms with Crippen LogP contribution in [0, 0.1) is 11.6 Å². The van der Waals surface area contributed by atoms with Gasteiger partial charge in [-0.1, -0.05) is 35.0 Å². The van der Waals surface area contributed by atoms with Gasteiger partial charge in [0, 0.05) is 10.5 Å². The molecule has 106 valence electrons. The van der Waals surface area contributed by atoms with Gasteiger partial charge in [-0.3, -0.25) is 0 Å². The van der Waals surface area contributed by atoms with Crippen LogP contribution >= 0.6 is 15.9 Å². The van der Waals surface area contributed by atoms with E-state index in [2.05, 4.69) is 21.2 Å². The Morgan fingerprint density at radius 1 is 1.05 bits per heavy atom. The van der Waals surface area contributed by atoms with Crippen LogP contribution in [0.5, 0.6) is 0 Å². The lowest BCUT2D eigenvalue weighted by atomic mass is 9.98. The third-order valence-corrected chi connectivity index (χ3v) is 3.55. The molecule has 1 unspecified atom stereocenters. The quantitative estimate of drug-likeness (QED) is 0.837. The van der Waals surface area contributed by atoms with Crippen molar-refractivity contribution in [3.63, 3.8) is 0 Å². The molecule has 0 heterocycles. The van der Waals surface area contributed by atoms with Gasteiger partial charge in [-0.15, -0.1) is 0 Å².